The lowest BCUT2D eigenvalue weighted by molar-refractivity contribution is 0.308. The first-order chi connectivity index (χ1) is 13.8. The monoisotopic (exact) mass is 388 g/mol. The molecule has 7 heteroatoms. The van der Waals surface area contributed by atoms with Crippen molar-refractivity contribution in [2.24, 2.45) is 0 Å². The maximum absolute atomic E-state index is 6.05. The molecule has 0 bridgehead atoms. The number of nitrogens with zero attached hydrogens (tertiary/aromatic N) is 4. The van der Waals surface area contributed by atoms with Gasteiger partial charge in [-0.25, -0.2) is 0 Å². The summed E-state index contributed by atoms with van der Waals surface area (Å²) in [6, 6.07) is 21.9. The third-order valence-corrected chi connectivity index (χ3v) is 5.35. The summed E-state index contributed by atoms with van der Waals surface area (Å²) in [5, 5.41) is 16.2. The zero-order valence-electron chi connectivity index (χ0n) is 15.1. The fraction of sp³-hybridized carbons (Fsp3) is 0.0952. The second-order valence-electron chi connectivity index (χ2n) is 6.21. The highest BCUT2D eigenvalue weighted by Gasteiger charge is 2.14. The van der Waals surface area contributed by atoms with Gasteiger partial charge in [0.15, 0.2) is 10.8 Å². The van der Waals surface area contributed by atoms with E-state index in [2.05, 4.69) is 33.5 Å². The summed E-state index contributed by atoms with van der Waals surface area (Å²) in [5.41, 5.74) is 0.931. The molecule has 0 saturated carbocycles. The standard InChI is InChI=1S/C21H16N4O2S/c1-26-16-11-9-15(10-12-16)20-22-23-21-25(20)24-19(28-21)13-27-18-8-4-6-14-5-2-3-7-17(14)18/h2-12H,13H2,1H3. The van der Waals surface area contributed by atoms with Crippen LogP contribution in [0.3, 0.4) is 0 Å². The quantitative estimate of drug-likeness (QED) is 0.441. The van der Waals surface area contributed by atoms with Gasteiger partial charge >= 0.3 is 0 Å². The van der Waals surface area contributed by atoms with Crippen molar-refractivity contribution in [1.29, 1.82) is 0 Å². The predicted molar refractivity (Wildman–Crippen MR) is 109 cm³/mol. The fourth-order valence-corrected chi connectivity index (χ4v) is 3.84. The van der Waals surface area contributed by atoms with Crippen molar-refractivity contribution in [2.75, 3.05) is 7.11 Å². The molecule has 28 heavy (non-hydrogen) atoms. The summed E-state index contributed by atoms with van der Waals surface area (Å²) >= 11 is 1.47. The van der Waals surface area contributed by atoms with E-state index >= 15 is 0 Å². The summed E-state index contributed by atoms with van der Waals surface area (Å²) in [6.07, 6.45) is 0. The molecule has 6 nitrogen and oxygen atoms in total. The van der Waals surface area contributed by atoms with E-state index in [9.17, 15) is 0 Å². The highest BCUT2D eigenvalue weighted by Crippen LogP contribution is 2.27. The molecule has 0 radical (unpaired) electrons. The van der Waals surface area contributed by atoms with Crippen LogP contribution in [0.25, 0.3) is 27.1 Å². The minimum Gasteiger partial charge on any atom is -0.497 e. The lowest BCUT2D eigenvalue weighted by atomic mass is 10.1. The molecule has 5 aromatic rings. The molecule has 0 N–H and O–H groups in total. The molecule has 3 aromatic carbocycles. The van der Waals surface area contributed by atoms with Crippen molar-refractivity contribution in [3.8, 4) is 22.9 Å². The maximum atomic E-state index is 6.05. The lowest BCUT2D eigenvalue weighted by Gasteiger charge is -2.07. The van der Waals surface area contributed by atoms with Gasteiger partial charge in [-0.15, -0.1) is 10.2 Å². The zero-order valence-corrected chi connectivity index (χ0v) is 15.9. The molecule has 0 spiro atoms. The minimum atomic E-state index is 0.379. The Labute approximate surface area is 165 Å². The van der Waals surface area contributed by atoms with Crippen molar-refractivity contribution >= 4 is 27.1 Å². The predicted octanol–water partition coefficient (Wildman–Crippen LogP) is 4.59. The summed E-state index contributed by atoms with van der Waals surface area (Å²) in [6.45, 7) is 0.379. The third-order valence-electron chi connectivity index (χ3n) is 4.48. The van der Waals surface area contributed by atoms with Crippen molar-refractivity contribution in [3.63, 3.8) is 0 Å². The number of rotatable bonds is 5. The van der Waals surface area contributed by atoms with Crippen molar-refractivity contribution in [2.45, 2.75) is 6.61 Å². The Bertz CT molecular complexity index is 1260. The molecule has 0 fully saturated rings. The Morgan fingerprint density at radius 2 is 1.75 bits per heavy atom. The van der Waals surface area contributed by atoms with Gasteiger partial charge in [-0.2, -0.15) is 9.61 Å². The van der Waals surface area contributed by atoms with Crippen LogP contribution in [0.4, 0.5) is 0 Å². The Morgan fingerprint density at radius 1 is 0.929 bits per heavy atom. The summed E-state index contributed by atoms with van der Waals surface area (Å²) in [7, 11) is 1.65. The number of hydrogen-bond acceptors (Lipinski definition) is 6. The summed E-state index contributed by atoms with van der Waals surface area (Å²) in [5.74, 6) is 2.34. The van der Waals surface area contributed by atoms with Crippen molar-refractivity contribution in [3.05, 3.63) is 71.7 Å². The van der Waals surface area contributed by atoms with E-state index < -0.39 is 0 Å². The van der Waals surface area contributed by atoms with Gasteiger partial charge in [0.05, 0.1) is 7.11 Å². The third kappa shape index (κ3) is 2.95. The van der Waals surface area contributed by atoms with E-state index in [4.69, 9.17) is 9.47 Å². The lowest BCUT2D eigenvalue weighted by Crippen LogP contribution is -1.98. The average Bonchev–Trinajstić information content (AvgIpc) is 3.33. The first-order valence-electron chi connectivity index (χ1n) is 8.78. The van der Waals surface area contributed by atoms with Gasteiger partial charge in [-0.1, -0.05) is 47.7 Å². The molecular weight excluding hydrogens is 372 g/mol. The average molecular weight is 388 g/mol. The first-order valence-corrected chi connectivity index (χ1v) is 9.59. The topological polar surface area (TPSA) is 61.5 Å². The van der Waals surface area contributed by atoms with E-state index in [1.54, 1.807) is 11.6 Å². The number of ether oxygens (including phenoxy) is 2. The largest absolute Gasteiger partial charge is 0.497 e. The van der Waals surface area contributed by atoms with Crippen LogP contribution in [0.5, 0.6) is 11.5 Å². The molecular formula is C21H16N4O2S. The Hall–Kier alpha value is -3.45. The molecule has 0 aliphatic rings. The first kappa shape index (κ1) is 16.7. The molecule has 0 unspecified atom stereocenters. The second-order valence-corrected chi connectivity index (χ2v) is 7.25. The summed E-state index contributed by atoms with van der Waals surface area (Å²) < 4.78 is 13.0. The smallest absolute Gasteiger partial charge is 0.235 e. The van der Waals surface area contributed by atoms with E-state index in [0.717, 1.165) is 37.8 Å². The van der Waals surface area contributed by atoms with Gasteiger partial charge in [-0.3, -0.25) is 0 Å². The molecule has 5 rings (SSSR count). The highest BCUT2D eigenvalue weighted by molar-refractivity contribution is 7.16. The second kappa shape index (κ2) is 6.94. The van der Waals surface area contributed by atoms with E-state index in [1.807, 2.05) is 48.5 Å². The van der Waals surface area contributed by atoms with Gasteiger partial charge in [-0.05, 0) is 35.7 Å². The van der Waals surface area contributed by atoms with Crippen molar-refractivity contribution < 1.29 is 9.47 Å². The van der Waals surface area contributed by atoms with Crippen LogP contribution < -0.4 is 9.47 Å². The molecule has 138 valence electrons. The number of aromatic nitrogens is 4. The molecule has 0 saturated heterocycles. The van der Waals surface area contributed by atoms with Crippen LogP contribution in [0.2, 0.25) is 0 Å². The van der Waals surface area contributed by atoms with Crippen LogP contribution >= 0.6 is 11.3 Å². The highest BCUT2D eigenvalue weighted by atomic mass is 32.1. The molecule has 2 heterocycles. The van der Waals surface area contributed by atoms with Crippen LogP contribution in [-0.4, -0.2) is 26.9 Å². The SMILES string of the molecule is COc1ccc(-c2nnc3sc(COc4cccc5ccccc45)nn23)cc1. The van der Waals surface area contributed by atoms with E-state index in [0.29, 0.717) is 12.4 Å². The van der Waals surface area contributed by atoms with Gasteiger partial charge in [0.1, 0.15) is 18.1 Å². The van der Waals surface area contributed by atoms with Gasteiger partial charge in [0, 0.05) is 10.9 Å². The van der Waals surface area contributed by atoms with Gasteiger partial charge < -0.3 is 9.47 Å². The molecule has 0 aliphatic carbocycles. The molecule has 2 aromatic heterocycles. The Morgan fingerprint density at radius 3 is 2.61 bits per heavy atom. The van der Waals surface area contributed by atoms with E-state index in [1.165, 1.54) is 11.3 Å². The van der Waals surface area contributed by atoms with E-state index in [-0.39, 0.29) is 0 Å². The Kier molecular flexibility index (Phi) is 4.14. The fourth-order valence-electron chi connectivity index (χ4n) is 3.10. The van der Waals surface area contributed by atoms with Crippen LogP contribution in [0.1, 0.15) is 5.01 Å². The number of benzene rings is 3. The number of fused-ring (bicyclic) bond motifs is 2. The van der Waals surface area contributed by atoms with Crippen LogP contribution in [0.15, 0.2) is 66.7 Å². The Balaban J connectivity index is 1.42. The van der Waals surface area contributed by atoms with Crippen molar-refractivity contribution in [1.82, 2.24) is 19.8 Å². The molecule has 0 aliphatic heterocycles. The normalized spacial score (nSPS) is 11.2. The minimum absolute atomic E-state index is 0.379. The number of methoxy groups -OCH3 is 1. The molecule has 0 amide bonds. The van der Waals surface area contributed by atoms with Crippen LogP contribution in [0, 0.1) is 0 Å². The van der Waals surface area contributed by atoms with Gasteiger partial charge in [0.25, 0.3) is 0 Å². The zero-order chi connectivity index (χ0) is 18.9. The number of hydrogen-bond donors (Lipinski definition) is 0. The molecule has 0 atom stereocenters. The maximum Gasteiger partial charge on any atom is 0.235 e. The van der Waals surface area contributed by atoms with Gasteiger partial charge in [0.2, 0.25) is 4.96 Å². The summed E-state index contributed by atoms with van der Waals surface area (Å²) in [4.78, 5) is 0.738. The van der Waals surface area contributed by atoms with Crippen LogP contribution in [-0.2, 0) is 6.61 Å².